The predicted octanol–water partition coefficient (Wildman–Crippen LogP) is 3.77. The van der Waals surface area contributed by atoms with Gasteiger partial charge in [-0.05, 0) is 35.7 Å². The molecule has 0 saturated heterocycles. The summed E-state index contributed by atoms with van der Waals surface area (Å²) < 4.78 is 5.19. The van der Waals surface area contributed by atoms with Crippen LogP contribution in [0.2, 0.25) is 0 Å². The average Bonchev–Trinajstić information content (AvgIpc) is 2.53. The summed E-state index contributed by atoms with van der Waals surface area (Å²) in [5.41, 5.74) is 1.74. The third-order valence-electron chi connectivity index (χ3n) is 3.34. The molecule has 4 nitrogen and oxygen atoms in total. The molecule has 2 aromatic rings. The highest BCUT2D eigenvalue weighted by molar-refractivity contribution is 5.42. The van der Waals surface area contributed by atoms with Crippen LogP contribution in [-0.4, -0.2) is 12.1 Å². The minimum atomic E-state index is 0.149. The SMILES string of the molecule is COc1ccc(C(Nc2ccc(C#N)cn2)C(C)C)cc1. The van der Waals surface area contributed by atoms with Crippen molar-refractivity contribution in [3.63, 3.8) is 0 Å². The van der Waals surface area contributed by atoms with Crippen LogP contribution in [0.25, 0.3) is 0 Å². The van der Waals surface area contributed by atoms with Gasteiger partial charge in [0.25, 0.3) is 0 Å². The van der Waals surface area contributed by atoms with Gasteiger partial charge in [0.15, 0.2) is 0 Å². The van der Waals surface area contributed by atoms with Crippen LogP contribution in [0.5, 0.6) is 5.75 Å². The molecule has 0 aliphatic rings. The molecule has 0 aliphatic carbocycles. The number of nitrogens with zero attached hydrogens (tertiary/aromatic N) is 2. The summed E-state index contributed by atoms with van der Waals surface area (Å²) in [7, 11) is 1.66. The van der Waals surface area contributed by atoms with Gasteiger partial charge in [-0.1, -0.05) is 26.0 Å². The minimum Gasteiger partial charge on any atom is -0.497 e. The summed E-state index contributed by atoms with van der Waals surface area (Å²) in [5, 5.41) is 12.2. The number of hydrogen-bond donors (Lipinski definition) is 1. The summed E-state index contributed by atoms with van der Waals surface area (Å²) in [5.74, 6) is 2.01. The Kier molecular flexibility index (Phi) is 4.78. The third kappa shape index (κ3) is 3.73. The number of ether oxygens (including phenoxy) is 1. The smallest absolute Gasteiger partial charge is 0.126 e. The van der Waals surface area contributed by atoms with Crippen LogP contribution in [-0.2, 0) is 0 Å². The van der Waals surface area contributed by atoms with E-state index in [1.54, 1.807) is 19.4 Å². The topological polar surface area (TPSA) is 57.9 Å². The Bertz CT molecular complexity index is 612. The average molecular weight is 281 g/mol. The number of pyridine rings is 1. The van der Waals surface area contributed by atoms with E-state index < -0.39 is 0 Å². The number of nitrogens with one attached hydrogen (secondary N) is 1. The van der Waals surface area contributed by atoms with Gasteiger partial charge in [-0.2, -0.15) is 5.26 Å². The third-order valence-corrected chi connectivity index (χ3v) is 3.34. The molecular weight excluding hydrogens is 262 g/mol. The zero-order chi connectivity index (χ0) is 15.2. The fourth-order valence-electron chi connectivity index (χ4n) is 2.15. The van der Waals surface area contributed by atoms with Crippen LogP contribution in [0.4, 0.5) is 5.82 Å². The molecule has 0 bridgehead atoms. The minimum absolute atomic E-state index is 0.149. The second kappa shape index (κ2) is 6.76. The van der Waals surface area contributed by atoms with Crippen molar-refractivity contribution in [3.8, 4) is 11.8 Å². The van der Waals surface area contributed by atoms with Crippen LogP contribution in [0.3, 0.4) is 0 Å². The Hall–Kier alpha value is -2.54. The van der Waals surface area contributed by atoms with Crippen LogP contribution in [0.1, 0.15) is 31.0 Å². The molecule has 1 heterocycles. The van der Waals surface area contributed by atoms with Crippen LogP contribution in [0, 0.1) is 17.2 Å². The molecule has 108 valence electrons. The Morgan fingerprint density at radius 1 is 1.14 bits per heavy atom. The maximum atomic E-state index is 8.80. The van der Waals surface area contributed by atoms with E-state index in [-0.39, 0.29) is 6.04 Å². The van der Waals surface area contributed by atoms with Gasteiger partial charge in [0.2, 0.25) is 0 Å². The number of methoxy groups -OCH3 is 1. The van der Waals surface area contributed by atoms with Crippen molar-refractivity contribution >= 4 is 5.82 Å². The Labute approximate surface area is 125 Å². The van der Waals surface area contributed by atoms with E-state index in [0.717, 1.165) is 11.6 Å². The molecule has 21 heavy (non-hydrogen) atoms. The van der Waals surface area contributed by atoms with Crippen LogP contribution in [0.15, 0.2) is 42.6 Å². The Morgan fingerprint density at radius 3 is 2.33 bits per heavy atom. The van der Waals surface area contributed by atoms with Gasteiger partial charge in [-0.25, -0.2) is 4.98 Å². The van der Waals surface area contributed by atoms with E-state index >= 15 is 0 Å². The summed E-state index contributed by atoms with van der Waals surface area (Å²) in [6, 6.07) is 13.8. The molecule has 1 aromatic heterocycles. The number of nitriles is 1. The molecule has 4 heteroatoms. The largest absolute Gasteiger partial charge is 0.497 e. The van der Waals surface area contributed by atoms with E-state index in [1.165, 1.54) is 5.56 Å². The number of benzene rings is 1. The number of aromatic nitrogens is 1. The van der Waals surface area contributed by atoms with E-state index in [4.69, 9.17) is 10.00 Å². The highest BCUT2D eigenvalue weighted by atomic mass is 16.5. The van der Waals surface area contributed by atoms with Gasteiger partial charge in [0.05, 0.1) is 18.7 Å². The number of rotatable bonds is 5. The highest BCUT2D eigenvalue weighted by Gasteiger charge is 2.16. The van der Waals surface area contributed by atoms with E-state index in [9.17, 15) is 0 Å². The summed E-state index contributed by atoms with van der Waals surface area (Å²) in [6.07, 6.45) is 1.58. The highest BCUT2D eigenvalue weighted by Crippen LogP contribution is 2.27. The zero-order valence-electron chi connectivity index (χ0n) is 12.5. The maximum Gasteiger partial charge on any atom is 0.126 e. The van der Waals surface area contributed by atoms with Crippen molar-refractivity contribution in [1.82, 2.24) is 4.98 Å². The Morgan fingerprint density at radius 2 is 1.86 bits per heavy atom. The van der Waals surface area contributed by atoms with Crippen molar-refractivity contribution in [2.75, 3.05) is 12.4 Å². The van der Waals surface area contributed by atoms with Crippen molar-refractivity contribution < 1.29 is 4.74 Å². The lowest BCUT2D eigenvalue weighted by Gasteiger charge is -2.23. The lowest BCUT2D eigenvalue weighted by Crippen LogP contribution is -2.17. The standard InChI is InChI=1S/C17H19N3O/c1-12(2)17(14-5-7-15(21-3)8-6-14)20-16-9-4-13(10-18)11-19-16/h4-9,11-12,17H,1-3H3,(H,19,20). The predicted molar refractivity (Wildman–Crippen MR) is 83.1 cm³/mol. The normalized spacial score (nSPS) is 11.8. The van der Waals surface area contributed by atoms with Crippen molar-refractivity contribution in [2.45, 2.75) is 19.9 Å². The fraction of sp³-hybridized carbons (Fsp3) is 0.294. The number of anilines is 1. The first kappa shape index (κ1) is 14.9. The number of hydrogen-bond acceptors (Lipinski definition) is 4. The second-order valence-electron chi connectivity index (χ2n) is 5.18. The van der Waals surface area contributed by atoms with Crippen molar-refractivity contribution in [1.29, 1.82) is 5.26 Å². The first-order chi connectivity index (χ1) is 10.1. The van der Waals surface area contributed by atoms with Gasteiger partial charge in [0, 0.05) is 6.20 Å². The van der Waals surface area contributed by atoms with Crippen LogP contribution >= 0.6 is 0 Å². The quantitative estimate of drug-likeness (QED) is 0.906. The van der Waals surface area contributed by atoms with E-state index in [0.29, 0.717) is 11.5 Å². The summed E-state index contributed by atoms with van der Waals surface area (Å²) in [6.45, 7) is 4.32. The van der Waals surface area contributed by atoms with Gasteiger partial charge >= 0.3 is 0 Å². The van der Waals surface area contributed by atoms with Gasteiger partial charge in [0.1, 0.15) is 17.6 Å². The van der Waals surface area contributed by atoms with Gasteiger partial charge in [-0.3, -0.25) is 0 Å². The molecule has 1 unspecified atom stereocenters. The van der Waals surface area contributed by atoms with E-state index in [1.807, 2.05) is 18.2 Å². The second-order valence-corrected chi connectivity index (χ2v) is 5.18. The molecule has 0 radical (unpaired) electrons. The fourth-order valence-corrected chi connectivity index (χ4v) is 2.15. The molecule has 0 saturated carbocycles. The first-order valence-electron chi connectivity index (χ1n) is 6.90. The molecule has 1 atom stereocenters. The van der Waals surface area contributed by atoms with Crippen LogP contribution < -0.4 is 10.1 Å². The van der Waals surface area contributed by atoms with Gasteiger partial charge in [-0.15, -0.1) is 0 Å². The maximum absolute atomic E-state index is 8.80. The summed E-state index contributed by atoms with van der Waals surface area (Å²) >= 11 is 0. The molecule has 0 fully saturated rings. The molecular formula is C17H19N3O. The van der Waals surface area contributed by atoms with Crippen molar-refractivity contribution in [3.05, 3.63) is 53.7 Å². The molecule has 1 N–H and O–H groups in total. The van der Waals surface area contributed by atoms with Crippen molar-refractivity contribution in [2.24, 2.45) is 5.92 Å². The Balaban J connectivity index is 2.19. The first-order valence-corrected chi connectivity index (χ1v) is 6.90. The molecule has 2 rings (SSSR count). The molecule has 0 amide bonds. The summed E-state index contributed by atoms with van der Waals surface area (Å²) in [4.78, 5) is 4.27. The molecule has 0 aliphatic heterocycles. The zero-order valence-corrected chi connectivity index (χ0v) is 12.5. The van der Waals surface area contributed by atoms with Gasteiger partial charge < -0.3 is 10.1 Å². The molecule has 1 aromatic carbocycles. The van der Waals surface area contributed by atoms with E-state index in [2.05, 4.69) is 42.4 Å². The monoisotopic (exact) mass is 281 g/mol. The molecule has 0 spiro atoms. The lowest BCUT2D eigenvalue weighted by molar-refractivity contribution is 0.414. The lowest BCUT2D eigenvalue weighted by atomic mass is 9.96.